The van der Waals surface area contributed by atoms with Crippen LogP contribution in [0.15, 0.2) is 36.7 Å². The highest BCUT2D eigenvalue weighted by Crippen LogP contribution is 2.22. The summed E-state index contributed by atoms with van der Waals surface area (Å²) in [6.07, 6.45) is 2.61. The summed E-state index contributed by atoms with van der Waals surface area (Å²) in [5, 5.41) is 3.20. The van der Waals surface area contributed by atoms with Crippen LogP contribution in [-0.2, 0) is 11.2 Å². The highest BCUT2D eigenvalue weighted by atomic mass is 16.2. The fourth-order valence-corrected chi connectivity index (χ4v) is 1.90. The van der Waals surface area contributed by atoms with E-state index in [4.69, 9.17) is 5.73 Å². The molecule has 7 nitrogen and oxygen atoms in total. The number of carbonyl (C=O) groups is 1. The molecule has 122 valence electrons. The molecule has 1 amide bonds. The Labute approximate surface area is 135 Å². The fraction of sp³-hybridized carbons (Fsp3) is 0.312. The molecular formula is C16H22N6O. The average molecular weight is 314 g/mol. The molecule has 0 spiro atoms. The lowest BCUT2D eigenvalue weighted by Gasteiger charge is -2.16. The summed E-state index contributed by atoms with van der Waals surface area (Å²) in [5.74, 6) is 0.743. The normalized spacial score (nSPS) is 11.6. The summed E-state index contributed by atoms with van der Waals surface area (Å²) in [4.78, 5) is 20.1. The summed E-state index contributed by atoms with van der Waals surface area (Å²) in [7, 11) is 0. The fourth-order valence-electron chi connectivity index (χ4n) is 1.90. The first-order valence-electron chi connectivity index (χ1n) is 7.56. The molecule has 0 aliphatic heterocycles. The molecule has 1 aromatic carbocycles. The second-order valence-electron chi connectivity index (χ2n) is 5.27. The van der Waals surface area contributed by atoms with Crippen LogP contribution in [0.2, 0.25) is 0 Å². The van der Waals surface area contributed by atoms with Crippen molar-refractivity contribution in [3.05, 3.63) is 42.2 Å². The van der Waals surface area contributed by atoms with Gasteiger partial charge in [0.2, 0.25) is 5.91 Å². The Kier molecular flexibility index (Phi) is 5.74. The predicted molar refractivity (Wildman–Crippen MR) is 91.7 cm³/mol. The van der Waals surface area contributed by atoms with Crippen LogP contribution < -0.4 is 21.9 Å². The van der Waals surface area contributed by atoms with Crippen LogP contribution in [0.5, 0.6) is 0 Å². The van der Waals surface area contributed by atoms with Crippen molar-refractivity contribution in [1.29, 1.82) is 0 Å². The standard InChI is InChI=1S/C16H22N6O/c1-3-11(2)20-15-14(17)16(19-10-18-15)22-21-13(23)9-12-7-5-4-6-8-12/h4-8,10-11H,3,9,17H2,1-2H3,(H,21,23)(H2,18,19,20,22). The number of aromatic nitrogens is 2. The summed E-state index contributed by atoms with van der Waals surface area (Å²) in [5.41, 5.74) is 12.7. The molecule has 0 aliphatic carbocycles. The van der Waals surface area contributed by atoms with Gasteiger partial charge >= 0.3 is 0 Å². The number of rotatable bonds is 7. The molecule has 0 aliphatic rings. The summed E-state index contributed by atoms with van der Waals surface area (Å²) < 4.78 is 0. The summed E-state index contributed by atoms with van der Waals surface area (Å²) in [6.45, 7) is 4.11. The van der Waals surface area contributed by atoms with Gasteiger partial charge in [-0.05, 0) is 18.9 Å². The zero-order valence-electron chi connectivity index (χ0n) is 13.3. The van der Waals surface area contributed by atoms with E-state index >= 15 is 0 Å². The molecule has 0 radical (unpaired) electrons. The number of nitrogens with two attached hydrogens (primary N) is 1. The molecule has 2 aromatic rings. The molecule has 0 bridgehead atoms. The van der Waals surface area contributed by atoms with Crippen molar-refractivity contribution in [3.8, 4) is 0 Å². The molecule has 1 atom stereocenters. The third kappa shape index (κ3) is 4.84. The van der Waals surface area contributed by atoms with E-state index in [2.05, 4.69) is 33.1 Å². The minimum atomic E-state index is -0.175. The van der Waals surface area contributed by atoms with Gasteiger partial charge in [0.05, 0.1) is 6.42 Å². The van der Waals surface area contributed by atoms with Gasteiger partial charge in [0.25, 0.3) is 0 Å². The lowest BCUT2D eigenvalue weighted by atomic mass is 10.1. The van der Waals surface area contributed by atoms with E-state index in [0.29, 0.717) is 17.3 Å². The number of nitrogens with one attached hydrogen (secondary N) is 3. The lowest BCUT2D eigenvalue weighted by molar-refractivity contribution is -0.119. The molecule has 0 fully saturated rings. The van der Waals surface area contributed by atoms with E-state index in [1.54, 1.807) is 0 Å². The number of anilines is 3. The first-order valence-corrected chi connectivity index (χ1v) is 7.56. The maximum atomic E-state index is 11.9. The molecule has 1 aromatic heterocycles. The van der Waals surface area contributed by atoms with E-state index in [0.717, 1.165) is 12.0 Å². The van der Waals surface area contributed by atoms with Crippen LogP contribution in [0.3, 0.4) is 0 Å². The quantitative estimate of drug-likeness (QED) is 0.582. The van der Waals surface area contributed by atoms with E-state index in [1.165, 1.54) is 6.33 Å². The van der Waals surface area contributed by atoms with Gasteiger partial charge in [0.1, 0.15) is 12.0 Å². The number of hydrazine groups is 1. The predicted octanol–water partition coefficient (Wildman–Crippen LogP) is 1.95. The number of amides is 1. The minimum Gasteiger partial charge on any atom is -0.393 e. The van der Waals surface area contributed by atoms with Gasteiger partial charge in [-0.15, -0.1) is 0 Å². The molecule has 1 unspecified atom stereocenters. The van der Waals surface area contributed by atoms with Crippen molar-refractivity contribution in [3.63, 3.8) is 0 Å². The molecule has 2 rings (SSSR count). The second kappa shape index (κ2) is 7.98. The van der Waals surface area contributed by atoms with Gasteiger partial charge in [-0.1, -0.05) is 37.3 Å². The zero-order chi connectivity index (χ0) is 16.7. The Balaban J connectivity index is 1.95. The van der Waals surface area contributed by atoms with Crippen molar-refractivity contribution >= 4 is 23.2 Å². The molecule has 0 saturated carbocycles. The van der Waals surface area contributed by atoms with Gasteiger partial charge in [-0.2, -0.15) is 0 Å². The Bertz CT molecular complexity index is 646. The van der Waals surface area contributed by atoms with Crippen LogP contribution in [0, 0.1) is 0 Å². The zero-order valence-corrected chi connectivity index (χ0v) is 13.3. The summed E-state index contributed by atoms with van der Waals surface area (Å²) >= 11 is 0. The van der Waals surface area contributed by atoms with Crippen LogP contribution in [-0.4, -0.2) is 21.9 Å². The van der Waals surface area contributed by atoms with Crippen molar-refractivity contribution in [1.82, 2.24) is 15.4 Å². The first-order chi connectivity index (χ1) is 11.1. The van der Waals surface area contributed by atoms with Crippen molar-refractivity contribution < 1.29 is 4.79 Å². The maximum Gasteiger partial charge on any atom is 0.242 e. The lowest BCUT2D eigenvalue weighted by Crippen LogP contribution is -2.31. The highest BCUT2D eigenvalue weighted by Gasteiger charge is 2.10. The van der Waals surface area contributed by atoms with E-state index in [9.17, 15) is 4.79 Å². The number of nitrogens with zero attached hydrogens (tertiary/aromatic N) is 2. The monoisotopic (exact) mass is 314 g/mol. The number of carbonyl (C=O) groups excluding carboxylic acids is 1. The molecule has 1 heterocycles. The third-order valence-electron chi connectivity index (χ3n) is 3.41. The number of benzene rings is 1. The van der Waals surface area contributed by atoms with Crippen LogP contribution in [0.1, 0.15) is 25.8 Å². The minimum absolute atomic E-state index is 0.175. The highest BCUT2D eigenvalue weighted by molar-refractivity contribution is 5.81. The molecule has 0 saturated heterocycles. The van der Waals surface area contributed by atoms with Crippen molar-refractivity contribution in [2.75, 3.05) is 16.5 Å². The third-order valence-corrected chi connectivity index (χ3v) is 3.41. The number of hydrogen-bond acceptors (Lipinski definition) is 6. The Morgan fingerprint density at radius 1 is 1.22 bits per heavy atom. The first kappa shape index (κ1) is 16.5. The van der Waals surface area contributed by atoms with Gasteiger partial charge in [0, 0.05) is 6.04 Å². The van der Waals surface area contributed by atoms with E-state index in [-0.39, 0.29) is 18.4 Å². The molecular weight excluding hydrogens is 292 g/mol. The van der Waals surface area contributed by atoms with Gasteiger partial charge in [-0.3, -0.25) is 15.6 Å². The average Bonchev–Trinajstić information content (AvgIpc) is 2.56. The van der Waals surface area contributed by atoms with E-state index in [1.807, 2.05) is 37.3 Å². The Hall–Kier alpha value is -2.83. The topological polar surface area (TPSA) is 105 Å². The van der Waals surface area contributed by atoms with Gasteiger partial charge in [0.15, 0.2) is 11.6 Å². The van der Waals surface area contributed by atoms with Gasteiger partial charge in [-0.25, -0.2) is 9.97 Å². The van der Waals surface area contributed by atoms with Crippen molar-refractivity contribution in [2.45, 2.75) is 32.7 Å². The van der Waals surface area contributed by atoms with Crippen LogP contribution in [0.4, 0.5) is 17.3 Å². The number of hydrogen-bond donors (Lipinski definition) is 4. The van der Waals surface area contributed by atoms with Crippen LogP contribution in [0.25, 0.3) is 0 Å². The van der Waals surface area contributed by atoms with Crippen LogP contribution >= 0.6 is 0 Å². The number of nitrogen functional groups attached to an aromatic ring is 1. The molecule has 23 heavy (non-hydrogen) atoms. The summed E-state index contributed by atoms with van der Waals surface area (Å²) in [6, 6.07) is 9.73. The molecule has 5 N–H and O–H groups in total. The Morgan fingerprint density at radius 2 is 1.91 bits per heavy atom. The maximum absolute atomic E-state index is 11.9. The van der Waals surface area contributed by atoms with E-state index < -0.39 is 0 Å². The smallest absolute Gasteiger partial charge is 0.242 e. The van der Waals surface area contributed by atoms with Crippen molar-refractivity contribution in [2.24, 2.45) is 0 Å². The Morgan fingerprint density at radius 3 is 2.61 bits per heavy atom. The largest absolute Gasteiger partial charge is 0.393 e. The van der Waals surface area contributed by atoms with Gasteiger partial charge < -0.3 is 11.1 Å². The molecule has 7 heteroatoms. The second-order valence-corrected chi connectivity index (χ2v) is 5.27. The SMILES string of the molecule is CCC(C)Nc1ncnc(NNC(=O)Cc2ccccc2)c1N.